The van der Waals surface area contributed by atoms with Crippen molar-refractivity contribution in [1.82, 2.24) is 24.7 Å². The van der Waals surface area contributed by atoms with E-state index in [2.05, 4.69) is 15.2 Å². The molecule has 1 aliphatic heterocycles. The summed E-state index contributed by atoms with van der Waals surface area (Å²) in [5.74, 6) is -0.00280. The first-order valence-electron chi connectivity index (χ1n) is 9.79. The molecule has 4 rings (SSSR count). The van der Waals surface area contributed by atoms with Crippen LogP contribution in [0.15, 0.2) is 16.7 Å². The minimum Gasteiger partial charge on any atom is -0.361 e. The minimum absolute atomic E-state index is 0.125. The fourth-order valence-corrected chi connectivity index (χ4v) is 3.92. The predicted octanol–water partition coefficient (Wildman–Crippen LogP) is 4.45. The molecule has 3 aromatic heterocycles. The van der Waals surface area contributed by atoms with Crippen molar-refractivity contribution in [3.63, 3.8) is 0 Å². The third-order valence-corrected chi connectivity index (χ3v) is 5.45. The summed E-state index contributed by atoms with van der Waals surface area (Å²) in [6.45, 7) is 7.41. The molecule has 3 aromatic rings. The molecular weight excluding hydrogens is 399 g/mol. The number of rotatable bonds is 3. The van der Waals surface area contributed by atoms with Crippen LogP contribution in [0.3, 0.4) is 0 Å². The van der Waals surface area contributed by atoms with Gasteiger partial charge >= 0.3 is 6.18 Å². The Hall–Kier alpha value is -2.91. The van der Waals surface area contributed by atoms with Crippen molar-refractivity contribution in [2.75, 3.05) is 6.54 Å². The van der Waals surface area contributed by atoms with E-state index in [1.807, 2.05) is 0 Å². The molecule has 0 bridgehead atoms. The number of carbonyl (C=O) groups excluding carboxylic acids is 1. The van der Waals surface area contributed by atoms with Crippen molar-refractivity contribution in [3.8, 4) is 0 Å². The summed E-state index contributed by atoms with van der Waals surface area (Å²) < 4.78 is 46.9. The number of hydrogen-bond acceptors (Lipinski definition) is 5. The van der Waals surface area contributed by atoms with Gasteiger partial charge in [-0.2, -0.15) is 18.3 Å². The van der Waals surface area contributed by atoms with Gasteiger partial charge in [0.15, 0.2) is 5.65 Å². The lowest BCUT2D eigenvalue weighted by molar-refractivity contribution is -0.142. The number of nitrogens with zero attached hydrogens (tertiary/aromatic N) is 5. The van der Waals surface area contributed by atoms with Crippen LogP contribution in [-0.4, -0.2) is 37.1 Å². The molecule has 1 atom stereocenters. The van der Waals surface area contributed by atoms with Crippen molar-refractivity contribution in [2.45, 2.75) is 58.7 Å². The minimum atomic E-state index is -4.57. The van der Waals surface area contributed by atoms with Gasteiger partial charge in [-0.1, -0.05) is 19.0 Å². The molecule has 1 unspecified atom stereocenters. The van der Waals surface area contributed by atoms with Crippen LogP contribution in [0, 0.1) is 13.8 Å². The summed E-state index contributed by atoms with van der Waals surface area (Å²) in [6, 6.07) is 2.15. The number of halogens is 3. The summed E-state index contributed by atoms with van der Waals surface area (Å²) in [6.07, 6.45) is -3.24. The molecule has 0 aliphatic carbocycles. The maximum absolute atomic E-state index is 13.7. The first-order chi connectivity index (χ1) is 14.1. The van der Waals surface area contributed by atoms with Crippen molar-refractivity contribution in [3.05, 3.63) is 46.2 Å². The molecule has 10 heteroatoms. The molecule has 1 saturated heterocycles. The van der Waals surface area contributed by atoms with Gasteiger partial charge in [0.1, 0.15) is 17.0 Å². The van der Waals surface area contributed by atoms with Gasteiger partial charge < -0.3 is 9.42 Å². The largest absolute Gasteiger partial charge is 0.433 e. The number of alkyl halides is 3. The molecule has 1 fully saturated rings. The quantitative estimate of drug-likeness (QED) is 0.624. The van der Waals surface area contributed by atoms with E-state index in [4.69, 9.17) is 4.52 Å². The maximum Gasteiger partial charge on any atom is 0.433 e. The molecule has 1 amide bonds. The second-order valence-corrected chi connectivity index (χ2v) is 7.91. The van der Waals surface area contributed by atoms with Crippen LogP contribution in [0.1, 0.15) is 77.5 Å². The Labute approximate surface area is 170 Å². The molecule has 0 radical (unpaired) electrons. The number of hydrogen-bond donors (Lipinski definition) is 0. The maximum atomic E-state index is 13.7. The number of aryl methyl sites for hydroxylation is 2. The van der Waals surface area contributed by atoms with Crippen LogP contribution < -0.4 is 0 Å². The first kappa shape index (κ1) is 20.4. The highest BCUT2D eigenvalue weighted by Crippen LogP contribution is 2.36. The molecule has 0 spiro atoms. The van der Waals surface area contributed by atoms with Gasteiger partial charge in [0.2, 0.25) is 0 Å². The van der Waals surface area contributed by atoms with Crippen molar-refractivity contribution < 1.29 is 22.5 Å². The summed E-state index contributed by atoms with van der Waals surface area (Å²) in [5, 5.41) is 8.05. The van der Waals surface area contributed by atoms with Gasteiger partial charge in [-0.25, -0.2) is 9.50 Å². The average Bonchev–Trinajstić information content (AvgIpc) is 3.37. The summed E-state index contributed by atoms with van der Waals surface area (Å²) in [7, 11) is 0. The normalized spacial score (nSPS) is 17.5. The highest BCUT2D eigenvalue weighted by molar-refractivity contribution is 5.96. The Kier molecular flexibility index (Phi) is 4.82. The van der Waals surface area contributed by atoms with Crippen LogP contribution in [0.2, 0.25) is 0 Å². The lowest BCUT2D eigenvalue weighted by Crippen LogP contribution is -2.31. The van der Waals surface area contributed by atoms with Crippen LogP contribution >= 0.6 is 0 Å². The summed E-state index contributed by atoms with van der Waals surface area (Å²) in [4.78, 5) is 19.1. The van der Waals surface area contributed by atoms with Crippen molar-refractivity contribution in [2.24, 2.45) is 0 Å². The average molecular weight is 421 g/mol. The summed E-state index contributed by atoms with van der Waals surface area (Å²) in [5.41, 5.74) is 0.870. The van der Waals surface area contributed by atoms with E-state index in [9.17, 15) is 18.0 Å². The van der Waals surface area contributed by atoms with Crippen molar-refractivity contribution >= 4 is 11.6 Å². The fourth-order valence-electron chi connectivity index (χ4n) is 3.92. The molecule has 160 valence electrons. The van der Waals surface area contributed by atoms with Crippen LogP contribution in [-0.2, 0) is 6.18 Å². The van der Waals surface area contributed by atoms with E-state index in [1.54, 1.807) is 38.7 Å². The van der Waals surface area contributed by atoms with Gasteiger partial charge in [0.05, 0.1) is 17.4 Å². The second kappa shape index (κ2) is 7.10. The highest BCUT2D eigenvalue weighted by atomic mass is 19.4. The number of likely N-dealkylation sites (tertiary alicyclic amines) is 1. The van der Waals surface area contributed by atoms with Crippen LogP contribution in [0.25, 0.3) is 5.65 Å². The van der Waals surface area contributed by atoms with E-state index in [0.717, 1.165) is 17.0 Å². The zero-order valence-electron chi connectivity index (χ0n) is 17.1. The smallest absolute Gasteiger partial charge is 0.361 e. The van der Waals surface area contributed by atoms with Crippen molar-refractivity contribution in [1.29, 1.82) is 0 Å². The van der Waals surface area contributed by atoms with E-state index in [0.29, 0.717) is 41.4 Å². The van der Waals surface area contributed by atoms with Crippen LogP contribution in [0.4, 0.5) is 13.2 Å². The van der Waals surface area contributed by atoms with Gasteiger partial charge in [-0.05, 0) is 38.7 Å². The Morgan fingerprint density at radius 3 is 2.60 bits per heavy atom. The number of aromatic nitrogens is 4. The summed E-state index contributed by atoms with van der Waals surface area (Å²) >= 11 is 0. The molecule has 0 saturated carbocycles. The molecular formula is C20H22F3N5O2. The Balaban J connectivity index is 1.78. The van der Waals surface area contributed by atoms with E-state index < -0.39 is 17.9 Å². The lowest BCUT2D eigenvalue weighted by Gasteiger charge is -2.23. The molecule has 30 heavy (non-hydrogen) atoms. The highest BCUT2D eigenvalue weighted by Gasteiger charge is 2.38. The van der Waals surface area contributed by atoms with Crippen LogP contribution in [0.5, 0.6) is 0 Å². The fraction of sp³-hybridized carbons (Fsp3) is 0.500. The number of fused-ring (bicyclic) bond motifs is 1. The molecule has 0 N–H and O–H groups in total. The third-order valence-electron chi connectivity index (χ3n) is 5.45. The molecule has 1 aliphatic rings. The lowest BCUT2D eigenvalue weighted by atomic mass is 10.1. The van der Waals surface area contributed by atoms with Gasteiger partial charge in [0.25, 0.3) is 5.91 Å². The SMILES string of the molecule is Cc1noc(C)c1C(=O)N1CCCC1c1cc2nc(C(C)C)cc(C(F)(F)F)n2n1. The monoisotopic (exact) mass is 421 g/mol. The second-order valence-electron chi connectivity index (χ2n) is 7.91. The third kappa shape index (κ3) is 3.33. The van der Waals surface area contributed by atoms with E-state index >= 15 is 0 Å². The molecule has 7 nitrogen and oxygen atoms in total. The van der Waals surface area contributed by atoms with Gasteiger partial charge in [0, 0.05) is 18.3 Å². The first-order valence-corrected chi connectivity index (χ1v) is 9.79. The Bertz CT molecular complexity index is 1100. The zero-order valence-corrected chi connectivity index (χ0v) is 17.1. The van der Waals surface area contributed by atoms with E-state index in [1.165, 1.54) is 0 Å². The van der Waals surface area contributed by atoms with Gasteiger partial charge in [-0.3, -0.25) is 4.79 Å². The Morgan fingerprint density at radius 1 is 1.27 bits per heavy atom. The predicted molar refractivity (Wildman–Crippen MR) is 101 cm³/mol. The number of carbonyl (C=O) groups is 1. The standard InChI is InChI=1S/C20H22F3N5O2/c1-10(2)13-8-16(20(21,22)23)28-17(24-13)9-14(25-28)15-6-5-7-27(15)19(29)18-11(3)26-30-12(18)4/h8-10,15H,5-7H2,1-4H3. The topological polar surface area (TPSA) is 76.5 Å². The molecule has 4 heterocycles. The molecule has 0 aromatic carbocycles. The Morgan fingerprint density at radius 2 is 2.00 bits per heavy atom. The van der Waals surface area contributed by atoms with Gasteiger partial charge in [-0.15, -0.1) is 0 Å². The zero-order chi connectivity index (χ0) is 21.8. The number of amides is 1. The van der Waals surface area contributed by atoms with E-state index in [-0.39, 0.29) is 17.5 Å².